The Kier molecular flexibility index (Phi) is 34.3. The fourth-order valence-electron chi connectivity index (χ4n) is 4.28. The Balaban J connectivity index is -0.000000821. The molecule has 0 fully saturated rings. The van der Waals surface area contributed by atoms with Crippen molar-refractivity contribution in [1.82, 2.24) is 0 Å². The quantitative estimate of drug-likeness (QED) is 0.0830. The molecule has 0 aromatic heterocycles. The monoisotopic (exact) mass is 810 g/mol. The standard InChI is InChI=1S/C25H22P2.C10H12O4.4CO.2Co/c1-5-13-22(14-6-1)26(23-15-7-2-8-16-23)21-27(24-17-9-3-10-18-24)25-19-11-4-12-20-25;1-3-10-9(12)5-4-8(14-10)6-13-7(2)11;4*1-2;;/h1-20H,21H2;1,4-5,8-10,12H,6H2,2H3;;;;;;/t;8-,9+,10+;;;;;;/m.0....../s1. The molecule has 0 aliphatic carbocycles. The Morgan fingerprint density at radius 1 is 0.686 bits per heavy atom. The molecule has 4 radical (unpaired) electrons. The van der Waals surface area contributed by atoms with Crippen LogP contribution in [0.15, 0.2) is 133 Å². The minimum absolute atomic E-state index is 0. The molecular formula is C39H34Co2O8P2. The molecular weight excluding hydrogens is 776 g/mol. The number of rotatable bonds is 9. The smallest absolute Gasteiger partial charge is 0.302 e. The van der Waals surface area contributed by atoms with Crippen LogP contribution in [0.2, 0.25) is 0 Å². The van der Waals surface area contributed by atoms with Gasteiger partial charge in [-0.25, -0.2) is 0 Å². The topological polar surface area (TPSA) is 135 Å². The molecule has 8 nitrogen and oxygen atoms in total. The molecule has 1 aliphatic heterocycles. The minimum atomic E-state index is -0.784. The summed E-state index contributed by atoms with van der Waals surface area (Å²) in [6.45, 7) is 24.6. The van der Waals surface area contributed by atoms with E-state index in [1.54, 1.807) is 12.2 Å². The van der Waals surface area contributed by atoms with Gasteiger partial charge in [0.25, 0.3) is 0 Å². The van der Waals surface area contributed by atoms with Crippen molar-refractivity contribution in [2.75, 3.05) is 12.5 Å². The van der Waals surface area contributed by atoms with Crippen LogP contribution in [0.1, 0.15) is 6.92 Å². The van der Waals surface area contributed by atoms with Crippen LogP contribution in [-0.2, 0) is 66.4 Å². The number of esters is 1. The van der Waals surface area contributed by atoms with E-state index in [4.69, 9.17) is 34.7 Å². The molecule has 0 unspecified atom stereocenters. The summed E-state index contributed by atoms with van der Waals surface area (Å²) < 4.78 is 40.0. The zero-order valence-corrected chi connectivity index (χ0v) is 31.2. The predicted octanol–water partition coefficient (Wildman–Crippen LogP) is 5.08. The number of carbonyl (C=O) groups excluding carboxylic acids is 1. The number of carbonyl (C=O) groups is 1. The molecule has 3 atom stereocenters. The summed E-state index contributed by atoms with van der Waals surface area (Å²) in [7, 11) is -0.817. The van der Waals surface area contributed by atoms with E-state index >= 15 is 0 Å². The Morgan fingerprint density at radius 3 is 1.27 bits per heavy atom. The number of hydrogen-bond donors (Lipinski definition) is 1. The van der Waals surface area contributed by atoms with Crippen molar-refractivity contribution in [3.05, 3.63) is 173 Å². The maximum atomic E-state index is 10.5. The van der Waals surface area contributed by atoms with Gasteiger partial charge < -0.3 is 14.6 Å². The van der Waals surface area contributed by atoms with Crippen LogP contribution >= 0.6 is 15.8 Å². The SMILES string of the molecule is [C-]#[O+].[C-]#[O+].[C-]#[O+].[C-]#[O+].[CH]=[C][C@H]1O[C@H](COC(C)=O)C=C[C@H]1O.[Co].[Co].c1ccc(P(CP(c2ccccc2)c2ccccc2)c2ccccc2)cc1. The maximum Gasteiger partial charge on any atom is 0.302 e. The fourth-order valence-corrected chi connectivity index (χ4v) is 10.8. The molecule has 266 valence electrons. The van der Waals surface area contributed by atoms with Gasteiger partial charge in [0.1, 0.15) is 24.9 Å². The summed E-state index contributed by atoms with van der Waals surface area (Å²) in [4.78, 5) is 10.5. The van der Waals surface area contributed by atoms with Gasteiger partial charge >= 0.3 is 51.2 Å². The summed E-state index contributed by atoms with van der Waals surface area (Å²) in [5.74, 6) is 0.803. The third-order valence-electron chi connectivity index (χ3n) is 6.32. The first-order valence-electron chi connectivity index (χ1n) is 14.2. The van der Waals surface area contributed by atoms with Crippen LogP contribution in [0.5, 0.6) is 0 Å². The Morgan fingerprint density at radius 2 is 1.00 bits per heavy atom. The minimum Gasteiger partial charge on any atom is -0.463 e. The Bertz CT molecular complexity index is 1390. The average Bonchev–Trinajstić information content (AvgIpc) is 3.19. The zero-order chi connectivity index (χ0) is 36.9. The van der Waals surface area contributed by atoms with Crippen molar-refractivity contribution in [2.45, 2.75) is 25.2 Å². The third kappa shape index (κ3) is 19.7. The van der Waals surface area contributed by atoms with Crippen molar-refractivity contribution in [3.63, 3.8) is 0 Å². The normalized spacial score (nSPS) is 14.5. The largest absolute Gasteiger partial charge is 0.463 e. The van der Waals surface area contributed by atoms with Gasteiger partial charge in [0.2, 0.25) is 0 Å². The van der Waals surface area contributed by atoms with Gasteiger partial charge in [-0.05, 0) is 43.1 Å². The van der Waals surface area contributed by atoms with E-state index in [9.17, 15) is 9.90 Å². The molecule has 0 saturated carbocycles. The predicted molar refractivity (Wildman–Crippen MR) is 187 cm³/mol. The average molecular weight is 811 g/mol. The molecule has 0 saturated heterocycles. The van der Waals surface area contributed by atoms with Crippen LogP contribution in [0.25, 0.3) is 0 Å². The van der Waals surface area contributed by atoms with Crippen LogP contribution in [0.4, 0.5) is 0 Å². The molecule has 4 aromatic carbocycles. The van der Waals surface area contributed by atoms with Crippen molar-refractivity contribution in [1.29, 1.82) is 0 Å². The van der Waals surface area contributed by atoms with Crippen molar-refractivity contribution >= 4 is 43.0 Å². The van der Waals surface area contributed by atoms with Crippen LogP contribution < -0.4 is 21.2 Å². The third-order valence-corrected chi connectivity index (χ3v) is 12.3. The summed E-state index contributed by atoms with van der Waals surface area (Å²) in [6.07, 6.45) is 3.66. The van der Waals surface area contributed by atoms with Crippen molar-refractivity contribution < 1.29 is 71.5 Å². The van der Waals surface area contributed by atoms with Gasteiger partial charge in [-0.15, -0.1) is 0 Å². The van der Waals surface area contributed by atoms with Crippen molar-refractivity contribution in [2.24, 2.45) is 0 Å². The summed E-state index contributed by atoms with van der Waals surface area (Å²) in [6, 6.07) is 44.1. The van der Waals surface area contributed by atoms with Gasteiger partial charge in [0.05, 0.1) is 0 Å². The number of aliphatic hydroxyl groups excluding tert-OH is 1. The number of hydrogen-bond acceptors (Lipinski definition) is 4. The van der Waals surface area contributed by atoms with Crippen LogP contribution in [0, 0.1) is 39.3 Å². The Hall–Kier alpha value is -3.42. The first kappa shape index (κ1) is 51.9. The van der Waals surface area contributed by atoms with Gasteiger partial charge in [-0.1, -0.05) is 140 Å². The van der Waals surface area contributed by atoms with E-state index in [-0.39, 0.29) is 52.2 Å². The van der Waals surface area contributed by atoms with Gasteiger partial charge in [-0.3, -0.25) is 4.79 Å². The molecule has 0 bridgehead atoms. The fraction of sp³-hybridized carbons (Fsp3) is 0.154. The molecule has 5 rings (SSSR count). The second-order valence-corrected chi connectivity index (χ2v) is 14.2. The molecule has 1 aliphatic rings. The first-order chi connectivity index (χ1) is 24.0. The van der Waals surface area contributed by atoms with Crippen molar-refractivity contribution in [3.8, 4) is 0 Å². The molecule has 1 N–H and O–H groups in total. The van der Waals surface area contributed by atoms with Gasteiger partial charge in [-0.2, -0.15) is 0 Å². The second-order valence-electron chi connectivity index (χ2n) is 9.28. The van der Waals surface area contributed by atoms with Crippen LogP contribution in [-0.4, -0.2) is 41.9 Å². The molecule has 0 spiro atoms. The number of aliphatic hydroxyl groups is 1. The van der Waals surface area contributed by atoms with E-state index in [2.05, 4.69) is 154 Å². The van der Waals surface area contributed by atoms with Gasteiger partial charge in [0.15, 0.2) is 0 Å². The summed E-state index contributed by atoms with van der Waals surface area (Å²) >= 11 is 0. The number of ether oxygens (including phenoxy) is 2. The van der Waals surface area contributed by atoms with E-state index in [0.29, 0.717) is 0 Å². The van der Waals surface area contributed by atoms with Gasteiger partial charge in [0, 0.05) is 46.4 Å². The molecule has 12 heteroatoms. The molecule has 51 heavy (non-hydrogen) atoms. The number of benzene rings is 4. The summed E-state index contributed by atoms with van der Waals surface area (Å²) in [5, 5.41) is 15.1. The van der Waals surface area contributed by atoms with E-state index in [1.807, 2.05) is 0 Å². The Labute approximate surface area is 323 Å². The zero-order valence-electron chi connectivity index (χ0n) is 27.3. The molecule has 0 amide bonds. The van der Waals surface area contributed by atoms with Crippen LogP contribution in [0.3, 0.4) is 0 Å². The molecule has 4 aromatic rings. The first-order valence-corrected chi connectivity index (χ1v) is 17.3. The van der Waals surface area contributed by atoms with E-state index in [1.165, 1.54) is 34.0 Å². The van der Waals surface area contributed by atoms with E-state index in [0.717, 1.165) is 0 Å². The van der Waals surface area contributed by atoms with E-state index < -0.39 is 28.1 Å². The second kappa shape index (κ2) is 33.7. The molecule has 1 heterocycles. The summed E-state index contributed by atoms with van der Waals surface area (Å²) in [5.41, 5.74) is 0. The maximum absolute atomic E-state index is 10.5.